The molecule has 0 N–H and O–H groups in total. The van der Waals surface area contributed by atoms with Gasteiger partial charge in [-0.2, -0.15) is 5.10 Å². The van der Waals surface area contributed by atoms with Crippen molar-refractivity contribution in [3.8, 4) is 5.75 Å². The van der Waals surface area contributed by atoms with Gasteiger partial charge in [-0.15, -0.1) is 0 Å². The van der Waals surface area contributed by atoms with Crippen LogP contribution in [0.3, 0.4) is 0 Å². The van der Waals surface area contributed by atoms with Crippen LogP contribution in [-0.2, 0) is 6.54 Å². The molecule has 0 amide bonds. The van der Waals surface area contributed by atoms with Crippen molar-refractivity contribution in [2.24, 2.45) is 0 Å². The van der Waals surface area contributed by atoms with Crippen LogP contribution in [0.2, 0.25) is 0 Å². The lowest BCUT2D eigenvalue weighted by Gasteiger charge is -2.17. The minimum absolute atomic E-state index is 0.106. The molecular weight excluding hydrogens is 242 g/mol. The predicted molar refractivity (Wildman–Crippen MR) is 75.8 cm³/mol. The van der Waals surface area contributed by atoms with Crippen LogP contribution in [0.15, 0.2) is 6.20 Å². The molecule has 0 aliphatic rings. The van der Waals surface area contributed by atoms with Crippen LogP contribution in [0.4, 0.5) is 0 Å². The van der Waals surface area contributed by atoms with Crippen LogP contribution in [0.5, 0.6) is 5.75 Å². The molecule has 0 saturated carbocycles. The number of Topliss-reactive ketones (excluding diaryl/α,β-unsaturated/α-hetero) is 1. The van der Waals surface area contributed by atoms with E-state index in [4.69, 9.17) is 4.74 Å². The van der Waals surface area contributed by atoms with Gasteiger partial charge in [0.1, 0.15) is 5.69 Å². The molecule has 0 saturated heterocycles. The van der Waals surface area contributed by atoms with Gasteiger partial charge in [0.25, 0.3) is 0 Å². The third kappa shape index (κ3) is 4.06. The van der Waals surface area contributed by atoms with Crippen LogP contribution in [0, 0.1) is 0 Å². The van der Waals surface area contributed by atoms with E-state index in [1.165, 1.54) is 0 Å². The number of ether oxygens (including phenoxy) is 1. The largest absolute Gasteiger partial charge is 0.493 e. The van der Waals surface area contributed by atoms with Gasteiger partial charge in [-0.25, -0.2) is 0 Å². The van der Waals surface area contributed by atoms with Crippen molar-refractivity contribution in [1.82, 2.24) is 14.7 Å². The summed E-state index contributed by atoms with van der Waals surface area (Å²) < 4.78 is 6.99. The molecule has 1 aromatic rings. The normalized spacial score (nSPS) is 11.0. The van der Waals surface area contributed by atoms with Gasteiger partial charge in [0.15, 0.2) is 11.5 Å². The molecule has 0 aliphatic carbocycles. The van der Waals surface area contributed by atoms with Gasteiger partial charge in [0.2, 0.25) is 0 Å². The molecule has 0 aliphatic heterocycles. The Labute approximate surface area is 115 Å². The Morgan fingerprint density at radius 2 is 2.05 bits per heavy atom. The van der Waals surface area contributed by atoms with Gasteiger partial charge in [-0.1, -0.05) is 20.8 Å². The number of ketones is 1. The molecule has 0 spiro atoms. The van der Waals surface area contributed by atoms with Crippen molar-refractivity contribution < 1.29 is 9.53 Å². The van der Waals surface area contributed by atoms with E-state index in [1.807, 2.05) is 0 Å². The average Bonchev–Trinajstić information content (AvgIpc) is 2.83. The first-order chi connectivity index (χ1) is 9.17. The summed E-state index contributed by atoms with van der Waals surface area (Å²) in [4.78, 5) is 14.6. The Bertz CT molecular complexity index is 397. The standard InChI is InChI=1S/C14H25N3O2/c1-5-9-17-14(13(19-4)11-15-17)12(18)8-10-16(6-2)7-3/h11H,5-10H2,1-4H3. The molecule has 0 aromatic carbocycles. The highest BCUT2D eigenvalue weighted by Gasteiger charge is 2.19. The Morgan fingerprint density at radius 1 is 1.37 bits per heavy atom. The fourth-order valence-corrected chi connectivity index (χ4v) is 2.10. The number of nitrogens with zero attached hydrogens (tertiary/aromatic N) is 3. The minimum atomic E-state index is 0.106. The monoisotopic (exact) mass is 267 g/mol. The number of carbonyl (C=O) groups is 1. The molecule has 1 heterocycles. The van der Waals surface area contributed by atoms with Gasteiger partial charge in [-0.05, 0) is 19.5 Å². The number of methoxy groups -OCH3 is 1. The molecule has 5 nitrogen and oxygen atoms in total. The molecule has 1 aromatic heterocycles. The summed E-state index contributed by atoms with van der Waals surface area (Å²) in [5.74, 6) is 0.688. The maximum Gasteiger partial charge on any atom is 0.185 e. The smallest absolute Gasteiger partial charge is 0.185 e. The Hall–Kier alpha value is -1.36. The number of rotatable bonds is 9. The zero-order valence-corrected chi connectivity index (χ0v) is 12.5. The van der Waals surface area contributed by atoms with E-state index in [0.717, 1.165) is 32.6 Å². The molecule has 1 rings (SSSR count). The highest BCUT2D eigenvalue weighted by atomic mass is 16.5. The number of carbonyl (C=O) groups excluding carboxylic acids is 1. The fraction of sp³-hybridized carbons (Fsp3) is 0.714. The van der Waals surface area contributed by atoms with E-state index < -0.39 is 0 Å². The third-order valence-corrected chi connectivity index (χ3v) is 3.27. The first kappa shape index (κ1) is 15.7. The molecule has 0 fully saturated rings. The summed E-state index contributed by atoms with van der Waals surface area (Å²) in [7, 11) is 1.58. The summed E-state index contributed by atoms with van der Waals surface area (Å²) in [6.45, 7) is 9.75. The second-order valence-electron chi connectivity index (χ2n) is 4.48. The van der Waals surface area contributed by atoms with Crippen molar-refractivity contribution in [3.05, 3.63) is 11.9 Å². The third-order valence-electron chi connectivity index (χ3n) is 3.27. The molecule has 0 unspecified atom stereocenters. The van der Waals surface area contributed by atoms with Gasteiger partial charge >= 0.3 is 0 Å². The molecule has 0 atom stereocenters. The summed E-state index contributed by atoms with van der Waals surface area (Å²) in [6.07, 6.45) is 3.08. The molecule has 5 heteroatoms. The highest BCUT2D eigenvalue weighted by molar-refractivity contribution is 5.97. The first-order valence-electron chi connectivity index (χ1n) is 7.03. The molecule has 0 bridgehead atoms. The summed E-state index contributed by atoms with van der Waals surface area (Å²) in [5, 5.41) is 4.22. The van der Waals surface area contributed by atoms with Crippen molar-refractivity contribution in [1.29, 1.82) is 0 Å². The van der Waals surface area contributed by atoms with E-state index in [-0.39, 0.29) is 5.78 Å². The van der Waals surface area contributed by atoms with Crippen LogP contribution in [0.25, 0.3) is 0 Å². The highest BCUT2D eigenvalue weighted by Crippen LogP contribution is 2.19. The quantitative estimate of drug-likeness (QED) is 0.644. The van der Waals surface area contributed by atoms with Crippen molar-refractivity contribution >= 4 is 5.78 Å². The summed E-state index contributed by atoms with van der Waals surface area (Å²) in [6, 6.07) is 0. The Morgan fingerprint density at radius 3 is 2.58 bits per heavy atom. The topological polar surface area (TPSA) is 47.4 Å². The SMILES string of the molecule is CCCn1ncc(OC)c1C(=O)CCN(CC)CC. The molecular formula is C14H25N3O2. The summed E-state index contributed by atoms with van der Waals surface area (Å²) in [5.41, 5.74) is 0.608. The lowest BCUT2D eigenvalue weighted by molar-refractivity contribution is 0.0952. The van der Waals surface area contributed by atoms with Crippen molar-refractivity contribution in [3.63, 3.8) is 0 Å². The molecule has 0 radical (unpaired) electrons. The van der Waals surface area contributed by atoms with E-state index >= 15 is 0 Å². The second kappa shape index (κ2) is 7.94. The van der Waals surface area contributed by atoms with Crippen LogP contribution >= 0.6 is 0 Å². The van der Waals surface area contributed by atoms with Gasteiger partial charge in [0.05, 0.1) is 13.3 Å². The van der Waals surface area contributed by atoms with E-state index in [0.29, 0.717) is 17.9 Å². The van der Waals surface area contributed by atoms with Gasteiger partial charge in [-0.3, -0.25) is 9.48 Å². The van der Waals surface area contributed by atoms with Crippen LogP contribution in [-0.4, -0.2) is 47.2 Å². The summed E-state index contributed by atoms with van der Waals surface area (Å²) >= 11 is 0. The van der Waals surface area contributed by atoms with Crippen LogP contribution < -0.4 is 4.74 Å². The van der Waals surface area contributed by atoms with Gasteiger partial charge < -0.3 is 9.64 Å². The first-order valence-corrected chi connectivity index (χ1v) is 7.03. The van der Waals surface area contributed by atoms with Crippen LogP contribution in [0.1, 0.15) is 44.1 Å². The minimum Gasteiger partial charge on any atom is -0.493 e. The zero-order valence-electron chi connectivity index (χ0n) is 12.5. The lowest BCUT2D eigenvalue weighted by atomic mass is 10.2. The van der Waals surface area contributed by atoms with Crippen molar-refractivity contribution in [2.45, 2.75) is 40.2 Å². The average molecular weight is 267 g/mol. The maximum absolute atomic E-state index is 12.3. The molecule has 108 valence electrons. The maximum atomic E-state index is 12.3. The van der Waals surface area contributed by atoms with E-state index in [9.17, 15) is 4.79 Å². The predicted octanol–water partition coefficient (Wildman–Crippen LogP) is 2.22. The van der Waals surface area contributed by atoms with Gasteiger partial charge in [0, 0.05) is 19.5 Å². The lowest BCUT2D eigenvalue weighted by Crippen LogP contribution is -2.26. The number of aryl methyl sites for hydroxylation is 1. The zero-order chi connectivity index (χ0) is 14.3. The molecule has 19 heavy (non-hydrogen) atoms. The van der Waals surface area contributed by atoms with E-state index in [1.54, 1.807) is 18.0 Å². The number of aromatic nitrogens is 2. The number of hydrogen-bond donors (Lipinski definition) is 0. The Kier molecular flexibility index (Phi) is 6.56. The van der Waals surface area contributed by atoms with E-state index in [2.05, 4.69) is 30.8 Å². The van der Waals surface area contributed by atoms with Crippen molar-refractivity contribution in [2.75, 3.05) is 26.7 Å². The second-order valence-corrected chi connectivity index (χ2v) is 4.48. The Balaban J connectivity index is 2.77. The fourth-order valence-electron chi connectivity index (χ4n) is 2.10. The number of hydrogen-bond acceptors (Lipinski definition) is 4.